The molecule has 0 bridgehead atoms. The first-order valence-electron chi connectivity index (χ1n) is 6.74. The molecule has 1 aromatic rings. The van der Waals surface area contributed by atoms with Gasteiger partial charge < -0.3 is 14.5 Å². The highest BCUT2D eigenvalue weighted by molar-refractivity contribution is 5.15. The molecule has 1 heterocycles. The van der Waals surface area contributed by atoms with Gasteiger partial charge in [-0.3, -0.25) is 0 Å². The summed E-state index contributed by atoms with van der Waals surface area (Å²) in [4.78, 5) is 0. The van der Waals surface area contributed by atoms with E-state index in [-0.39, 0.29) is 0 Å². The predicted molar refractivity (Wildman–Crippen MR) is 67.7 cm³/mol. The molecule has 1 N–H and O–H groups in total. The number of rotatable bonds is 7. The number of hydrogen-bond acceptors (Lipinski definition) is 3. The molecular formula is C14H23NO2. The summed E-state index contributed by atoms with van der Waals surface area (Å²) >= 11 is 0. The molecule has 96 valence electrons. The Kier molecular flexibility index (Phi) is 5.08. The summed E-state index contributed by atoms with van der Waals surface area (Å²) in [5, 5.41) is 3.27. The molecular weight excluding hydrogens is 214 g/mol. The average molecular weight is 237 g/mol. The standard InChI is InChI=1S/C14H23NO2/c1-2-15-9-14-13(7-8-17-14)11-16-10-12-5-3-4-6-12/h7-8,12,15H,2-6,9-11H2,1H3. The topological polar surface area (TPSA) is 34.4 Å². The van der Waals surface area contributed by atoms with Crippen LogP contribution in [0.5, 0.6) is 0 Å². The van der Waals surface area contributed by atoms with Crippen molar-refractivity contribution in [3.63, 3.8) is 0 Å². The summed E-state index contributed by atoms with van der Waals surface area (Å²) < 4.78 is 11.2. The van der Waals surface area contributed by atoms with E-state index in [2.05, 4.69) is 12.2 Å². The molecule has 0 unspecified atom stereocenters. The number of nitrogens with one attached hydrogen (secondary N) is 1. The molecule has 1 saturated carbocycles. The fraction of sp³-hybridized carbons (Fsp3) is 0.714. The van der Waals surface area contributed by atoms with Gasteiger partial charge in [-0.15, -0.1) is 0 Å². The van der Waals surface area contributed by atoms with Crippen LogP contribution in [0.3, 0.4) is 0 Å². The van der Waals surface area contributed by atoms with Crippen LogP contribution in [0.25, 0.3) is 0 Å². The molecule has 1 fully saturated rings. The van der Waals surface area contributed by atoms with Crippen LogP contribution in [0.2, 0.25) is 0 Å². The van der Waals surface area contributed by atoms with E-state index in [0.29, 0.717) is 6.61 Å². The van der Waals surface area contributed by atoms with E-state index in [1.54, 1.807) is 6.26 Å². The summed E-state index contributed by atoms with van der Waals surface area (Å²) in [5.41, 5.74) is 1.18. The molecule has 0 saturated heterocycles. The molecule has 1 aliphatic carbocycles. The molecule has 3 heteroatoms. The summed E-state index contributed by atoms with van der Waals surface area (Å²) in [6, 6.07) is 2.02. The van der Waals surface area contributed by atoms with Crippen molar-refractivity contribution in [1.29, 1.82) is 0 Å². The zero-order chi connectivity index (χ0) is 11.9. The lowest BCUT2D eigenvalue weighted by Gasteiger charge is -2.09. The van der Waals surface area contributed by atoms with E-state index in [4.69, 9.17) is 9.15 Å². The first kappa shape index (κ1) is 12.7. The fourth-order valence-corrected chi connectivity index (χ4v) is 2.40. The zero-order valence-electron chi connectivity index (χ0n) is 10.7. The molecule has 17 heavy (non-hydrogen) atoms. The van der Waals surface area contributed by atoms with E-state index >= 15 is 0 Å². The Labute approximate surface area is 104 Å². The maximum absolute atomic E-state index is 5.79. The Morgan fingerprint density at radius 3 is 3.00 bits per heavy atom. The van der Waals surface area contributed by atoms with Gasteiger partial charge in [0, 0.05) is 12.2 Å². The van der Waals surface area contributed by atoms with Crippen molar-refractivity contribution in [2.75, 3.05) is 13.2 Å². The summed E-state index contributed by atoms with van der Waals surface area (Å²) in [7, 11) is 0. The molecule has 1 aromatic heterocycles. The Bertz CT molecular complexity index is 316. The van der Waals surface area contributed by atoms with Gasteiger partial charge in [0.1, 0.15) is 5.76 Å². The van der Waals surface area contributed by atoms with Gasteiger partial charge in [-0.2, -0.15) is 0 Å². The number of ether oxygens (including phenoxy) is 1. The molecule has 0 atom stereocenters. The molecule has 2 rings (SSSR count). The normalized spacial score (nSPS) is 16.8. The van der Waals surface area contributed by atoms with Gasteiger partial charge in [-0.25, -0.2) is 0 Å². The van der Waals surface area contributed by atoms with Gasteiger partial charge in [0.15, 0.2) is 0 Å². The third-order valence-corrected chi connectivity index (χ3v) is 3.46. The minimum atomic E-state index is 0.688. The highest BCUT2D eigenvalue weighted by Gasteiger charge is 2.15. The Morgan fingerprint density at radius 2 is 2.24 bits per heavy atom. The Hall–Kier alpha value is -0.800. The minimum absolute atomic E-state index is 0.688. The van der Waals surface area contributed by atoms with E-state index in [0.717, 1.165) is 31.4 Å². The summed E-state index contributed by atoms with van der Waals surface area (Å²) in [6.07, 6.45) is 7.20. The van der Waals surface area contributed by atoms with Crippen LogP contribution in [-0.2, 0) is 17.9 Å². The van der Waals surface area contributed by atoms with Gasteiger partial charge in [0.25, 0.3) is 0 Å². The highest BCUT2D eigenvalue weighted by atomic mass is 16.5. The van der Waals surface area contributed by atoms with Gasteiger partial charge in [0.2, 0.25) is 0 Å². The Morgan fingerprint density at radius 1 is 1.41 bits per heavy atom. The lowest BCUT2D eigenvalue weighted by atomic mass is 10.1. The van der Waals surface area contributed by atoms with Crippen LogP contribution >= 0.6 is 0 Å². The van der Waals surface area contributed by atoms with Crippen molar-refractivity contribution in [1.82, 2.24) is 5.32 Å². The van der Waals surface area contributed by atoms with Crippen molar-refractivity contribution in [2.45, 2.75) is 45.8 Å². The first-order valence-corrected chi connectivity index (χ1v) is 6.74. The average Bonchev–Trinajstić information content (AvgIpc) is 2.98. The lowest BCUT2D eigenvalue weighted by Crippen LogP contribution is -2.13. The smallest absolute Gasteiger partial charge is 0.123 e. The van der Waals surface area contributed by atoms with Crippen LogP contribution in [0, 0.1) is 5.92 Å². The van der Waals surface area contributed by atoms with E-state index in [1.165, 1.54) is 31.2 Å². The first-order chi connectivity index (χ1) is 8.40. The van der Waals surface area contributed by atoms with Crippen LogP contribution in [0.15, 0.2) is 16.7 Å². The lowest BCUT2D eigenvalue weighted by molar-refractivity contribution is 0.0878. The second kappa shape index (κ2) is 6.82. The van der Waals surface area contributed by atoms with Crippen molar-refractivity contribution < 1.29 is 9.15 Å². The van der Waals surface area contributed by atoms with Gasteiger partial charge in [-0.05, 0) is 31.4 Å². The molecule has 0 aliphatic heterocycles. The summed E-state index contributed by atoms with van der Waals surface area (Å²) in [6.45, 7) is 5.45. The monoisotopic (exact) mass is 237 g/mol. The molecule has 1 aliphatic rings. The fourth-order valence-electron chi connectivity index (χ4n) is 2.40. The van der Waals surface area contributed by atoms with E-state index in [9.17, 15) is 0 Å². The van der Waals surface area contributed by atoms with Gasteiger partial charge >= 0.3 is 0 Å². The van der Waals surface area contributed by atoms with Crippen molar-refractivity contribution in [3.05, 3.63) is 23.7 Å². The Balaban J connectivity index is 1.72. The van der Waals surface area contributed by atoms with E-state index in [1.807, 2.05) is 6.07 Å². The second-order valence-corrected chi connectivity index (χ2v) is 4.81. The van der Waals surface area contributed by atoms with Crippen LogP contribution < -0.4 is 5.32 Å². The zero-order valence-corrected chi connectivity index (χ0v) is 10.7. The number of furan rings is 1. The minimum Gasteiger partial charge on any atom is -0.468 e. The third-order valence-electron chi connectivity index (χ3n) is 3.46. The predicted octanol–water partition coefficient (Wildman–Crippen LogP) is 3.10. The molecule has 0 aromatic carbocycles. The van der Waals surface area contributed by atoms with Crippen LogP contribution in [0.4, 0.5) is 0 Å². The second-order valence-electron chi connectivity index (χ2n) is 4.81. The van der Waals surface area contributed by atoms with Crippen molar-refractivity contribution in [3.8, 4) is 0 Å². The van der Waals surface area contributed by atoms with Crippen molar-refractivity contribution in [2.24, 2.45) is 5.92 Å². The largest absolute Gasteiger partial charge is 0.468 e. The van der Waals surface area contributed by atoms with Crippen LogP contribution in [-0.4, -0.2) is 13.2 Å². The molecule has 0 amide bonds. The summed E-state index contributed by atoms with van der Waals surface area (Å²) in [5.74, 6) is 1.80. The maximum atomic E-state index is 5.79. The molecule has 0 radical (unpaired) electrons. The van der Waals surface area contributed by atoms with Crippen LogP contribution in [0.1, 0.15) is 43.9 Å². The maximum Gasteiger partial charge on any atom is 0.123 e. The van der Waals surface area contributed by atoms with E-state index < -0.39 is 0 Å². The molecule has 0 spiro atoms. The highest BCUT2D eigenvalue weighted by Crippen LogP contribution is 2.25. The number of hydrogen-bond donors (Lipinski definition) is 1. The van der Waals surface area contributed by atoms with Gasteiger partial charge in [0.05, 0.1) is 19.4 Å². The quantitative estimate of drug-likeness (QED) is 0.791. The third kappa shape index (κ3) is 3.86. The molecule has 3 nitrogen and oxygen atoms in total. The SMILES string of the molecule is CCNCc1occc1COCC1CCCC1. The van der Waals surface area contributed by atoms with Gasteiger partial charge in [-0.1, -0.05) is 19.8 Å². The van der Waals surface area contributed by atoms with Crippen molar-refractivity contribution >= 4 is 0 Å².